The minimum atomic E-state index is -1.05. The van der Waals surface area contributed by atoms with Crippen LogP contribution in [0, 0.1) is 5.92 Å². The first kappa shape index (κ1) is 38.6. The molecule has 0 aliphatic heterocycles. The fourth-order valence-corrected chi connectivity index (χ4v) is 5.09. The van der Waals surface area contributed by atoms with Gasteiger partial charge in [0.2, 0.25) is 29.5 Å². The fourth-order valence-electron chi connectivity index (χ4n) is 5.09. The van der Waals surface area contributed by atoms with Gasteiger partial charge in [0.1, 0.15) is 18.1 Å². The lowest BCUT2D eigenvalue weighted by atomic mass is 10.0. The Morgan fingerprint density at radius 1 is 0.659 bits per heavy atom. The third kappa shape index (κ3) is 18.3. The number of amides is 5. The van der Waals surface area contributed by atoms with E-state index in [2.05, 4.69) is 22.9 Å². The van der Waals surface area contributed by atoms with Crippen LogP contribution in [-0.2, 0) is 30.4 Å². The Morgan fingerprint density at radius 2 is 1.18 bits per heavy atom. The molecule has 0 radical (unpaired) electrons. The SMILES string of the molecule is CCCCCCCCCCCCCC(=O)N[C@@H](CCC(N)=O)C(=O)N[C@@H](Cc1ccccc1)C(=O)N[C@@H](CC(C)C)C(N)=O. The molecule has 1 aromatic rings. The Kier molecular flexibility index (Phi) is 20.2. The molecule has 0 unspecified atom stereocenters. The lowest BCUT2D eigenvalue weighted by Crippen LogP contribution is -2.57. The minimum Gasteiger partial charge on any atom is -0.370 e. The van der Waals surface area contributed by atoms with Crippen LogP contribution in [0.15, 0.2) is 30.3 Å². The number of nitrogens with one attached hydrogen (secondary N) is 3. The van der Waals surface area contributed by atoms with Gasteiger partial charge in [0.25, 0.3) is 0 Å². The average molecular weight is 616 g/mol. The van der Waals surface area contributed by atoms with E-state index >= 15 is 0 Å². The van der Waals surface area contributed by atoms with Crippen LogP contribution in [0.25, 0.3) is 0 Å². The van der Waals surface area contributed by atoms with E-state index in [0.717, 1.165) is 24.8 Å². The van der Waals surface area contributed by atoms with Crippen LogP contribution in [0.2, 0.25) is 0 Å². The lowest BCUT2D eigenvalue weighted by molar-refractivity contribution is -0.133. The van der Waals surface area contributed by atoms with Gasteiger partial charge in [0.05, 0.1) is 0 Å². The highest BCUT2D eigenvalue weighted by molar-refractivity contribution is 5.94. The van der Waals surface area contributed by atoms with Gasteiger partial charge in [-0.15, -0.1) is 0 Å². The van der Waals surface area contributed by atoms with Gasteiger partial charge in [-0.1, -0.05) is 115 Å². The maximum absolute atomic E-state index is 13.4. The molecule has 0 aliphatic rings. The second-order valence-electron chi connectivity index (χ2n) is 12.3. The van der Waals surface area contributed by atoms with E-state index in [1.54, 1.807) is 0 Å². The van der Waals surface area contributed by atoms with Crippen LogP contribution in [0.1, 0.15) is 123 Å². The molecule has 0 aliphatic carbocycles. The van der Waals surface area contributed by atoms with Gasteiger partial charge in [0, 0.05) is 19.3 Å². The molecule has 0 bridgehead atoms. The Bertz CT molecular complexity index is 1000. The van der Waals surface area contributed by atoms with Crippen molar-refractivity contribution in [1.29, 1.82) is 0 Å². The zero-order valence-corrected chi connectivity index (χ0v) is 27.2. The van der Waals surface area contributed by atoms with Gasteiger partial charge < -0.3 is 27.4 Å². The quantitative estimate of drug-likeness (QED) is 0.104. The van der Waals surface area contributed by atoms with E-state index in [9.17, 15) is 24.0 Å². The number of rotatable bonds is 25. The summed E-state index contributed by atoms with van der Waals surface area (Å²) >= 11 is 0. The summed E-state index contributed by atoms with van der Waals surface area (Å²) in [5.41, 5.74) is 11.7. The highest BCUT2D eigenvalue weighted by atomic mass is 16.2. The number of hydrogen-bond acceptors (Lipinski definition) is 5. The minimum absolute atomic E-state index is 0.00208. The number of primary amides is 2. The number of carbonyl (C=O) groups excluding carboxylic acids is 5. The maximum Gasteiger partial charge on any atom is 0.243 e. The van der Waals surface area contributed by atoms with Crippen LogP contribution in [0.4, 0.5) is 0 Å². The van der Waals surface area contributed by atoms with Gasteiger partial charge >= 0.3 is 0 Å². The number of carbonyl (C=O) groups is 5. The largest absolute Gasteiger partial charge is 0.370 e. The van der Waals surface area contributed by atoms with Crippen molar-refractivity contribution in [1.82, 2.24) is 16.0 Å². The van der Waals surface area contributed by atoms with Crippen molar-refractivity contribution < 1.29 is 24.0 Å². The van der Waals surface area contributed by atoms with Crippen LogP contribution in [0.5, 0.6) is 0 Å². The summed E-state index contributed by atoms with van der Waals surface area (Å²) in [6.45, 7) is 6.04. The van der Waals surface area contributed by atoms with E-state index in [1.165, 1.54) is 44.9 Å². The summed E-state index contributed by atoms with van der Waals surface area (Å²) in [6.07, 6.45) is 13.5. The first-order valence-corrected chi connectivity index (χ1v) is 16.5. The van der Waals surface area contributed by atoms with Crippen molar-refractivity contribution in [2.45, 2.75) is 142 Å². The first-order chi connectivity index (χ1) is 21.0. The molecule has 0 fully saturated rings. The molecule has 44 heavy (non-hydrogen) atoms. The monoisotopic (exact) mass is 615 g/mol. The van der Waals surface area contributed by atoms with E-state index in [0.29, 0.717) is 12.8 Å². The Hall–Kier alpha value is -3.43. The molecule has 10 nitrogen and oxygen atoms in total. The van der Waals surface area contributed by atoms with Crippen molar-refractivity contribution in [3.8, 4) is 0 Å². The molecule has 5 amide bonds. The Labute approximate surface area is 264 Å². The molecule has 0 spiro atoms. The predicted molar refractivity (Wildman–Crippen MR) is 174 cm³/mol. The molecule has 10 heteroatoms. The van der Waals surface area contributed by atoms with Crippen LogP contribution in [0.3, 0.4) is 0 Å². The van der Waals surface area contributed by atoms with Crippen molar-refractivity contribution >= 4 is 29.5 Å². The van der Waals surface area contributed by atoms with E-state index < -0.39 is 41.8 Å². The maximum atomic E-state index is 13.4. The highest BCUT2D eigenvalue weighted by Gasteiger charge is 2.29. The zero-order valence-electron chi connectivity index (χ0n) is 27.2. The van der Waals surface area contributed by atoms with Gasteiger partial charge in [-0.05, 0) is 30.7 Å². The number of unbranched alkanes of at least 4 members (excludes halogenated alkanes) is 10. The second-order valence-corrected chi connectivity index (χ2v) is 12.3. The predicted octanol–water partition coefficient (Wildman–Crippen LogP) is 4.18. The topological polar surface area (TPSA) is 173 Å². The number of hydrogen-bond donors (Lipinski definition) is 5. The summed E-state index contributed by atoms with van der Waals surface area (Å²) in [6, 6.07) is 6.15. The summed E-state index contributed by atoms with van der Waals surface area (Å²) in [5.74, 6) is -2.62. The zero-order chi connectivity index (χ0) is 32.7. The van der Waals surface area contributed by atoms with Crippen LogP contribution < -0.4 is 27.4 Å². The summed E-state index contributed by atoms with van der Waals surface area (Å²) < 4.78 is 0. The Morgan fingerprint density at radius 3 is 1.70 bits per heavy atom. The van der Waals surface area contributed by atoms with Crippen molar-refractivity contribution in [3.05, 3.63) is 35.9 Å². The fraction of sp³-hybridized carbons (Fsp3) is 0.676. The molecule has 0 saturated heterocycles. The Balaban J connectivity index is 2.76. The first-order valence-electron chi connectivity index (χ1n) is 16.5. The third-order valence-electron chi connectivity index (χ3n) is 7.62. The lowest BCUT2D eigenvalue weighted by Gasteiger charge is -2.25. The molecular formula is C34H57N5O5. The van der Waals surface area contributed by atoms with Gasteiger partial charge in [-0.2, -0.15) is 0 Å². The average Bonchev–Trinajstić information content (AvgIpc) is 2.97. The molecule has 3 atom stereocenters. The van der Waals surface area contributed by atoms with Crippen molar-refractivity contribution in [2.24, 2.45) is 17.4 Å². The molecule has 1 aromatic carbocycles. The van der Waals surface area contributed by atoms with Gasteiger partial charge in [-0.3, -0.25) is 24.0 Å². The molecule has 0 saturated carbocycles. The van der Waals surface area contributed by atoms with Gasteiger partial charge in [0.15, 0.2) is 0 Å². The summed E-state index contributed by atoms with van der Waals surface area (Å²) in [4.78, 5) is 63.0. The number of nitrogens with two attached hydrogens (primary N) is 2. The second kappa shape index (κ2) is 23.0. The van der Waals surface area contributed by atoms with Gasteiger partial charge in [-0.25, -0.2) is 0 Å². The van der Waals surface area contributed by atoms with E-state index in [4.69, 9.17) is 11.5 Å². The highest BCUT2D eigenvalue weighted by Crippen LogP contribution is 2.13. The van der Waals surface area contributed by atoms with Crippen LogP contribution in [-0.4, -0.2) is 47.7 Å². The molecule has 0 heterocycles. The molecule has 0 aromatic heterocycles. The normalized spacial score (nSPS) is 13.1. The molecular weight excluding hydrogens is 558 g/mol. The number of benzene rings is 1. The summed E-state index contributed by atoms with van der Waals surface area (Å²) in [5, 5.41) is 8.15. The third-order valence-corrected chi connectivity index (χ3v) is 7.62. The standard InChI is InChI=1S/C34H57N5O5/c1-4-5-6-7-8-9-10-11-12-13-17-20-31(41)37-27(21-22-30(35)40)33(43)39-29(24-26-18-15-14-16-19-26)34(44)38-28(32(36)42)23-25(2)3/h14-16,18-19,25,27-29H,4-13,17,20-24H2,1-3H3,(H2,35,40)(H2,36,42)(H,37,41)(H,38,44)(H,39,43)/t27-,28-,29-/m0/s1. The van der Waals surface area contributed by atoms with Crippen molar-refractivity contribution in [3.63, 3.8) is 0 Å². The smallest absolute Gasteiger partial charge is 0.243 e. The van der Waals surface area contributed by atoms with E-state index in [1.807, 2.05) is 44.2 Å². The summed E-state index contributed by atoms with van der Waals surface area (Å²) in [7, 11) is 0. The molecule has 1 rings (SSSR count). The van der Waals surface area contributed by atoms with E-state index in [-0.39, 0.29) is 37.5 Å². The van der Waals surface area contributed by atoms with Crippen LogP contribution >= 0.6 is 0 Å². The van der Waals surface area contributed by atoms with Crippen molar-refractivity contribution in [2.75, 3.05) is 0 Å². The molecule has 7 N–H and O–H groups in total. The molecule has 248 valence electrons.